The Hall–Kier alpha value is -4.26. The first-order chi connectivity index (χ1) is 15.2. The molecule has 5 aromatic rings. The molecule has 2 aromatic heterocycles. The summed E-state index contributed by atoms with van der Waals surface area (Å²) < 4.78 is 19.0. The third-order valence-electron chi connectivity index (χ3n) is 4.92. The monoisotopic (exact) mass is 411 g/mol. The molecule has 0 saturated carbocycles. The van der Waals surface area contributed by atoms with Gasteiger partial charge in [0.05, 0.1) is 23.8 Å². The molecule has 0 aliphatic heterocycles. The van der Waals surface area contributed by atoms with Gasteiger partial charge in [0.25, 0.3) is 0 Å². The van der Waals surface area contributed by atoms with E-state index in [1.54, 1.807) is 25.6 Å². The quantitative estimate of drug-likeness (QED) is 0.395. The number of benzene rings is 3. The molecular formula is C24H18FN5O. The summed E-state index contributed by atoms with van der Waals surface area (Å²) in [6.07, 6.45) is 3.30. The van der Waals surface area contributed by atoms with Crippen LogP contribution in [-0.2, 0) is 0 Å². The number of nitrogens with one attached hydrogen (secondary N) is 2. The van der Waals surface area contributed by atoms with E-state index in [0.29, 0.717) is 17.4 Å². The standard InChI is InChI=1S/C24H18FN5O/c1-31-22-10-9-16(23-28-19-7-2-3-8-20(19)29-23)12-21(22)30-24-26-13-17(14-27-24)15-5-4-6-18(25)11-15/h2-14H,1H3,(H,28,29)(H,26,27,30). The molecule has 0 spiro atoms. The van der Waals surface area contributed by atoms with Crippen LogP contribution in [0.15, 0.2) is 79.1 Å². The highest BCUT2D eigenvalue weighted by Crippen LogP contribution is 2.32. The first-order valence-electron chi connectivity index (χ1n) is 9.68. The number of imidazole rings is 1. The number of hydrogen-bond donors (Lipinski definition) is 2. The van der Waals surface area contributed by atoms with Gasteiger partial charge in [-0.15, -0.1) is 0 Å². The third-order valence-corrected chi connectivity index (χ3v) is 4.92. The Morgan fingerprint density at radius 1 is 0.871 bits per heavy atom. The van der Waals surface area contributed by atoms with Crippen molar-refractivity contribution >= 4 is 22.7 Å². The van der Waals surface area contributed by atoms with E-state index in [-0.39, 0.29) is 5.82 Å². The molecule has 0 saturated heterocycles. The van der Waals surface area contributed by atoms with Crippen molar-refractivity contribution in [3.05, 3.63) is 84.9 Å². The maximum absolute atomic E-state index is 13.5. The molecule has 0 atom stereocenters. The first kappa shape index (κ1) is 18.7. The highest BCUT2D eigenvalue weighted by atomic mass is 19.1. The topological polar surface area (TPSA) is 75.7 Å². The fraction of sp³-hybridized carbons (Fsp3) is 0.0417. The van der Waals surface area contributed by atoms with Gasteiger partial charge in [-0.3, -0.25) is 0 Å². The average molecular weight is 411 g/mol. The maximum Gasteiger partial charge on any atom is 0.227 e. The Labute approximate surface area is 177 Å². The van der Waals surface area contributed by atoms with E-state index in [9.17, 15) is 4.39 Å². The Kier molecular flexibility index (Phi) is 4.76. The summed E-state index contributed by atoms with van der Waals surface area (Å²) >= 11 is 0. The number of hydrogen-bond acceptors (Lipinski definition) is 5. The van der Waals surface area contributed by atoms with Gasteiger partial charge in [-0.05, 0) is 48.0 Å². The molecular weight excluding hydrogens is 393 g/mol. The highest BCUT2D eigenvalue weighted by Gasteiger charge is 2.11. The van der Waals surface area contributed by atoms with E-state index >= 15 is 0 Å². The second kappa shape index (κ2) is 7.87. The van der Waals surface area contributed by atoms with Crippen molar-refractivity contribution < 1.29 is 9.13 Å². The molecule has 6 nitrogen and oxygen atoms in total. The van der Waals surface area contributed by atoms with Crippen LogP contribution >= 0.6 is 0 Å². The highest BCUT2D eigenvalue weighted by molar-refractivity contribution is 5.80. The number of ether oxygens (including phenoxy) is 1. The number of nitrogens with zero attached hydrogens (tertiary/aromatic N) is 3. The molecule has 0 unspecified atom stereocenters. The molecule has 3 aromatic carbocycles. The molecule has 31 heavy (non-hydrogen) atoms. The fourth-order valence-electron chi connectivity index (χ4n) is 3.37. The number of anilines is 2. The summed E-state index contributed by atoms with van der Waals surface area (Å²) in [7, 11) is 1.61. The maximum atomic E-state index is 13.5. The van der Waals surface area contributed by atoms with Crippen molar-refractivity contribution in [1.29, 1.82) is 0 Å². The molecule has 5 rings (SSSR count). The van der Waals surface area contributed by atoms with Gasteiger partial charge in [0.2, 0.25) is 5.95 Å². The molecule has 0 aliphatic rings. The van der Waals surface area contributed by atoms with Crippen LogP contribution in [0.1, 0.15) is 0 Å². The van der Waals surface area contributed by atoms with E-state index in [1.165, 1.54) is 12.1 Å². The minimum Gasteiger partial charge on any atom is -0.495 e. The minimum absolute atomic E-state index is 0.299. The summed E-state index contributed by atoms with van der Waals surface area (Å²) in [5.74, 6) is 1.51. The van der Waals surface area contributed by atoms with Crippen LogP contribution in [-0.4, -0.2) is 27.0 Å². The van der Waals surface area contributed by atoms with Crippen LogP contribution in [0.25, 0.3) is 33.5 Å². The van der Waals surface area contributed by atoms with Crippen LogP contribution < -0.4 is 10.1 Å². The average Bonchev–Trinajstić information content (AvgIpc) is 3.24. The van der Waals surface area contributed by atoms with Crippen molar-refractivity contribution in [1.82, 2.24) is 19.9 Å². The second-order valence-electron chi connectivity index (χ2n) is 6.95. The van der Waals surface area contributed by atoms with Crippen LogP contribution in [0.2, 0.25) is 0 Å². The summed E-state index contributed by atoms with van der Waals surface area (Å²) in [5, 5.41) is 3.19. The Morgan fingerprint density at radius 2 is 1.71 bits per heavy atom. The van der Waals surface area contributed by atoms with Gasteiger partial charge in [0.15, 0.2) is 0 Å². The molecule has 152 valence electrons. The van der Waals surface area contributed by atoms with Crippen molar-refractivity contribution in [2.45, 2.75) is 0 Å². The number of aromatic amines is 1. The van der Waals surface area contributed by atoms with E-state index < -0.39 is 0 Å². The number of H-pyrrole nitrogens is 1. The fourth-order valence-corrected chi connectivity index (χ4v) is 3.37. The van der Waals surface area contributed by atoms with Gasteiger partial charge in [-0.2, -0.15) is 0 Å². The number of fused-ring (bicyclic) bond motifs is 1. The van der Waals surface area contributed by atoms with Crippen LogP contribution in [0.5, 0.6) is 5.75 Å². The lowest BCUT2D eigenvalue weighted by Crippen LogP contribution is -2.00. The van der Waals surface area contributed by atoms with Crippen LogP contribution in [0, 0.1) is 5.82 Å². The van der Waals surface area contributed by atoms with Gasteiger partial charge >= 0.3 is 0 Å². The van der Waals surface area contributed by atoms with Crippen LogP contribution in [0.3, 0.4) is 0 Å². The van der Waals surface area contributed by atoms with Crippen molar-refractivity contribution in [3.63, 3.8) is 0 Å². The summed E-state index contributed by atoms with van der Waals surface area (Å²) in [4.78, 5) is 16.7. The third kappa shape index (κ3) is 3.81. The Morgan fingerprint density at radius 3 is 2.48 bits per heavy atom. The van der Waals surface area contributed by atoms with Crippen LogP contribution in [0.4, 0.5) is 16.0 Å². The Balaban J connectivity index is 1.45. The molecule has 2 N–H and O–H groups in total. The lowest BCUT2D eigenvalue weighted by Gasteiger charge is -2.11. The predicted molar refractivity (Wildman–Crippen MR) is 119 cm³/mol. The van der Waals surface area contributed by atoms with Gasteiger partial charge in [-0.1, -0.05) is 24.3 Å². The molecule has 0 radical (unpaired) electrons. The molecule has 0 amide bonds. The first-order valence-corrected chi connectivity index (χ1v) is 9.68. The zero-order valence-electron chi connectivity index (χ0n) is 16.6. The number of halogens is 1. The van der Waals surface area contributed by atoms with Crippen molar-refractivity contribution in [2.75, 3.05) is 12.4 Å². The molecule has 0 aliphatic carbocycles. The predicted octanol–water partition coefficient (Wildman–Crippen LogP) is 5.58. The van der Waals surface area contributed by atoms with Gasteiger partial charge in [-0.25, -0.2) is 19.3 Å². The summed E-state index contributed by atoms with van der Waals surface area (Å²) in [5.41, 5.74) is 4.93. The normalized spacial score (nSPS) is 10.9. The molecule has 0 bridgehead atoms. The van der Waals surface area contributed by atoms with E-state index in [1.807, 2.05) is 48.5 Å². The number of methoxy groups -OCH3 is 1. The number of rotatable bonds is 5. The van der Waals surface area contributed by atoms with E-state index in [4.69, 9.17) is 4.74 Å². The molecule has 0 fully saturated rings. The zero-order chi connectivity index (χ0) is 21.2. The number of aromatic nitrogens is 4. The van der Waals surface area contributed by atoms with Crippen molar-refractivity contribution in [2.24, 2.45) is 0 Å². The lowest BCUT2D eigenvalue weighted by molar-refractivity contribution is 0.417. The molecule has 7 heteroatoms. The van der Waals surface area contributed by atoms with Gasteiger partial charge in [0, 0.05) is 23.5 Å². The minimum atomic E-state index is -0.299. The lowest BCUT2D eigenvalue weighted by atomic mass is 10.1. The van der Waals surface area contributed by atoms with E-state index in [0.717, 1.165) is 33.5 Å². The van der Waals surface area contributed by atoms with Crippen molar-refractivity contribution in [3.8, 4) is 28.3 Å². The zero-order valence-corrected chi connectivity index (χ0v) is 16.6. The SMILES string of the molecule is COc1ccc(-c2nc3ccccc3[nH]2)cc1Nc1ncc(-c2cccc(F)c2)cn1. The van der Waals surface area contributed by atoms with Gasteiger partial charge < -0.3 is 15.0 Å². The summed E-state index contributed by atoms with van der Waals surface area (Å²) in [6, 6.07) is 19.9. The Bertz CT molecular complexity index is 1330. The second-order valence-corrected chi connectivity index (χ2v) is 6.95. The van der Waals surface area contributed by atoms with Gasteiger partial charge in [0.1, 0.15) is 17.4 Å². The number of para-hydroxylation sites is 2. The smallest absolute Gasteiger partial charge is 0.227 e. The largest absolute Gasteiger partial charge is 0.495 e. The molecule has 2 heterocycles. The summed E-state index contributed by atoms with van der Waals surface area (Å²) in [6.45, 7) is 0. The van der Waals surface area contributed by atoms with E-state index in [2.05, 4.69) is 25.3 Å².